The fraction of sp³-hybridized carbons (Fsp3) is 1.00. The van der Waals surface area contributed by atoms with Crippen LogP contribution in [0.4, 0.5) is 0 Å². The van der Waals surface area contributed by atoms with Crippen molar-refractivity contribution in [2.45, 2.75) is 59.0 Å². The Labute approximate surface area is 76.2 Å². The van der Waals surface area contributed by atoms with Gasteiger partial charge in [-0.15, -0.1) is 0 Å². The van der Waals surface area contributed by atoms with Crippen LogP contribution in [0.15, 0.2) is 0 Å². The lowest BCUT2D eigenvalue weighted by molar-refractivity contribution is -0.0871. The molecule has 1 aliphatic carbocycles. The van der Waals surface area contributed by atoms with Gasteiger partial charge in [0.1, 0.15) is 0 Å². The van der Waals surface area contributed by atoms with Gasteiger partial charge in [0.25, 0.3) is 0 Å². The number of hydrogen-bond donors (Lipinski definition) is 1. The molecule has 0 bridgehead atoms. The zero-order valence-corrected chi connectivity index (χ0v) is 8.85. The fourth-order valence-corrected chi connectivity index (χ4v) is 2.10. The van der Waals surface area contributed by atoms with Crippen molar-refractivity contribution in [3.8, 4) is 0 Å². The van der Waals surface area contributed by atoms with Crippen LogP contribution in [-0.4, -0.2) is 10.7 Å². The van der Waals surface area contributed by atoms with Crippen molar-refractivity contribution in [1.82, 2.24) is 0 Å². The van der Waals surface area contributed by atoms with E-state index in [2.05, 4.69) is 20.8 Å². The van der Waals surface area contributed by atoms with Crippen LogP contribution < -0.4 is 0 Å². The van der Waals surface area contributed by atoms with Crippen LogP contribution in [0.2, 0.25) is 0 Å². The summed E-state index contributed by atoms with van der Waals surface area (Å²) in [4.78, 5) is 0. The van der Waals surface area contributed by atoms with Crippen LogP contribution in [0, 0.1) is 11.3 Å². The maximum absolute atomic E-state index is 10.4. The highest BCUT2D eigenvalue weighted by atomic mass is 16.3. The first-order valence-electron chi connectivity index (χ1n) is 5.08. The summed E-state index contributed by atoms with van der Waals surface area (Å²) in [6.07, 6.45) is 5.03. The average molecular weight is 170 g/mol. The van der Waals surface area contributed by atoms with Crippen LogP contribution >= 0.6 is 0 Å². The molecule has 0 aromatic heterocycles. The third-order valence-corrected chi connectivity index (χ3v) is 3.67. The lowest BCUT2D eigenvalue weighted by Gasteiger charge is -2.42. The molecule has 0 saturated heterocycles. The van der Waals surface area contributed by atoms with E-state index in [9.17, 15) is 5.11 Å². The van der Waals surface area contributed by atoms with E-state index in [0.29, 0.717) is 5.92 Å². The molecule has 1 N–H and O–H groups in total. The highest BCUT2D eigenvalue weighted by molar-refractivity contribution is 4.94. The van der Waals surface area contributed by atoms with Gasteiger partial charge in [-0.2, -0.15) is 0 Å². The van der Waals surface area contributed by atoms with Crippen LogP contribution in [0.5, 0.6) is 0 Å². The summed E-state index contributed by atoms with van der Waals surface area (Å²) in [5.74, 6) is 0.525. The Balaban J connectivity index is 2.69. The van der Waals surface area contributed by atoms with E-state index in [1.165, 1.54) is 25.7 Å². The number of hydrogen-bond acceptors (Lipinski definition) is 1. The SMILES string of the molecule is CC(C)(C)C(C)(O)C1CCCC1. The van der Waals surface area contributed by atoms with Gasteiger partial charge >= 0.3 is 0 Å². The van der Waals surface area contributed by atoms with Gasteiger partial charge in [0, 0.05) is 0 Å². The Hall–Kier alpha value is -0.0400. The average Bonchev–Trinajstić information content (AvgIpc) is 2.34. The molecule has 0 aromatic rings. The summed E-state index contributed by atoms with van der Waals surface area (Å²) < 4.78 is 0. The molecule has 0 amide bonds. The lowest BCUT2D eigenvalue weighted by Crippen LogP contribution is -2.45. The second-order valence-corrected chi connectivity index (χ2v) is 5.38. The third kappa shape index (κ3) is 1.66. The van der Waals surface area contributed by atoms with Crippen molar-refractivity contribution in [2.24, 2.45) is 11.3 Å². The third-order valence-electron chi connectivity index (χ3n) is 3.67. The first-order valence-corrected chi connectivity index (χ1v) is 5.08. The molecule has 1 heteroatoms. The largest absolute Gasteiger partial charge is 0.389 e. The maximum Gasteiger partial charge on any atom is 0.0695 e. The van der Waals surface area contributed by atoms with Gasteiger partial charge in [-0.3, -0.25) is 0 Å². The normalized spacial score (nSPS) is 25.8. The number of rotatable bonds is 1. The van der Waals surface area contributed by atoms with Crippen LogP contribution in [-0.2, 0) is 0 Å². The Morgan fingerprint density at radius 2 is 1.42 bits per heavy atom. The lowest BCUT2D eigenvalue weighted by atomic mass is 9.69. The molecule has 0 aliphatic heterocycles. The standard InChI is InChI=1S/C11H22O/c1-10(2,3)11(4,12)9-7-5-6-8-9/h9,12H,5-8H2,1-4H3. The first kappa shape index (κ1) is 10.0. The Morgan fingerprint density at radius 1 is 1.00 bits per heavy atom. The topological polar surface area (TPSA) is 20.2 Å². The Kier molecular flexibility index (Phi) is 2.53. The van der Waals surface area contributed by atoms with Crippen molar-refractivity contribution in [1.29, 1.82) is 0 Å². The molecule has 12 heavy (non-hydrogen) atoms. The molecule has 0 aromatic carbocycles. The van der Waals surface area contributed by atoms with Crippen molar-refractivity contribution >= 4 is 0 Å². The molecule has 1 rings (SSSR count). The van der Waals surface area contributed by atoms with E-state index in [1.807, 2.05) is 6.92 Å². The summed E-state index contributed by atoms with van der Waals surface area (Å²) in [5.41, 5.74) is -0.467. The number of aliphatic hydroxyl groups is 1. The molecule has 0 heterocycles. The van der Waals surface area contributed by atoms with E-state index in [1.54, 1.807) is 0 Å². The van der Waals surface area contributed by atoms with Crippen molar-refractivity contribution in [3.63, 3.8) is 0 Å². The zero-order chi connectivity index (χ0) is 9.41. The quantitative estimate of drug-likeness (QED) is 0.641. The second-order valence-electron chi connectivity index (χ2n) is 5.38. The van der Waals surface area contributed by atoms with Crippen molar-refractivity contribution in [2.75, 3.05) is 0 Å². The molecule has 0 spiro atoms. The van der Waals surface area contributed by atoms with Gasteiger partial charge in [-0.25, -0.2) is 0 Å². The predicted octanol–water partition coefficient (Wildman–Crippen LogP) is 2.97. The minimum absolute atomic E-state index is 0.0159. The summed E-state index contributed by atoms with van der Waals surface area (Å²) in [5, 5.41) is 10.4. The predicted molar refractivity (Wildman–Crippen MR) is 52.0 cm³/mol. The molecule has 1 aliphatic rings. The minimum Gasteiger partial charge on any atom is -0.389 e. The molecule has 72 valence electrons. The highest BCUT2D eigenvalue weighted by Gasteiger charge is 2.42. The van der Waals surface area contributed by atoms with E-state index in [4.69, 9.17) is 0 Å². The zero-order valence-electron chi connectivity index (χ0n) is 8.85. The summed E-state index contributed by atoms with van der Waals surface area (Å²) in [6, 6.07) is 0. The van der Waals surface area contributed by atoms with E-state index in [-0.39, 0.29) is 5.41 Å². The van der Waals surface area contributed by atoms with Crippen LogP contribution in [0.1, 0.15) is 53.4 Å². The van der Waals surface area contributed by atoms with Crippen LogP contribution in [0.25, 0.3) is 0 Å². The van der Waals surface area contributed by atoms with E-state index in [0.717, 1.165) is 0 Å². The van der Waals surface area contributed by atoms with Crippen LogP contribution in [0.3, 0.4) is 0 Å². The molecule has 1 fully saturated rings. The van der Waals surface area contributed by atoms with Gasteiger partial charge in [-0.1, -0.05) is 33.6 Å². The molecular formula is C11H22O. The summed E-state index contributed by atoms with van der Waals surface area (Å²) in [7, 11) is 0. The van der Waals surface area contributed by atoms with E-state index < -0.39 is 5.60 Å². The second kappa shape index (κ2) is 3.02. The Morgan fingerprint density at radius 3 is 1.75 bits per heavy atom. The van der Waals surface area contributed by atoms with Gasteiger partial charge < -0.3 is 5.11 Å². The molecule has 1 saturated carbocycles. The summed E-state index contributed by atoms with van der Waals surface area (Å²) in [6.45, 7) is 8.39. The molecular weight excluding hydrogens is 148 g/mol. The van der Waals surface area contributed by atoms with Gasteiger partial charge in [0.15, 0.2) is 0 Å². The first-order chi connectivity index (χ1) is 5.36. The molecule has 1 atom stereocenters. The Bertz CT molecular complexity index is 147. The summed E-state index contributed by atoms with van der Waals surface area (Å²) >= 11 is 0. The molecule has 0 radical (unpaired) electrons. The molecule has 1 unspecified atom stereocenters. The monoisotopic (exact) mass is 170 g/mol. The fourth-order valence-electron chi connectivity index (χ4n) is 2.10. The highest BCUT2D eigenvalue weighted by Crippen LogP contribution is 2.43. The smallest absolute Gasteiger partial charge is 0.0695 e. The maximum atomic E-state index is 10.4. The van der Waals surface area contributed by atoms with Gasteiger partial charge in [-0.05, 0) is 31.1 Å². The van der Waals surface area contributed by atoms with Crippen molar-refractivity contribution in [3.05, 3.63) is 0 Å². The van der Waals surface area contributed by atoms with E-state index >= 15 is 0 Å². The van der Waals surface area contributed by atoms with Gasteiger partial charge in [0.2, 0.25) is 0 Å². The van der Waals surface area contributed by atoms with Crippen molar-refractivity contribution < 1.29 is 5.11 Å². The minimum atomic E-state index is -0.483. The molecule has 1 nitrogen and oxygen atoms in total. The van der Waals surface area contributed by atoms with Gasteiger partial charge in [0.05, 0.1) is 5.60 Å².